The van der Waals surface area contributed by atoms with Gasteiger partial charge in [-0.1, -0.05) is 48.5 Å². The number of nitrogens with one attached hydrogen (secondary N) is 2. The Bertz CT molecular complexity index is 671. The summed E-state index contributed by atoms with van der Waals surface area (Å²) in [6, 6.07) is 17.2. The second-order valence-electron chi connectivity index (χ2n) is 5.56. The van der Waals surface area contributed by atoms with E-state index >= 15 is 0 Å². The summed E-state index contributed by atoms with van der Waals surface area (Å²) in [7, 11) is 0. The summed E-state index contributed by atoms with van der Waals surface area (Å²) < 4.78 is 0. The summed E-state index contributed by atoms with van der Waals surface area (Å²) in [5, 5.41) is 5.59. The van der Waals surface area contributed by atoms with Crippen molar-refractivity contribution < 1.29 is 9.59 Å². The van der Waals surface area contributed by atoms with Gasteiger partial charge in [-0.3, -0.25) is 9.59 Å². The Hall–Kier alpha value is -2.82. The SMILES string of the molecule is Nc1ccccc1CCC(=O)NCCC(=O)NCc1ccccc1. The monoisotopic (exact) mass is 325 g/mol. The van der Waals surface area contributed by atoms with Crippen LogP contribution in [0.4, 0.5) is 5.69 Å². The van der Waals surface area contributed by atoms with Crippen molar-refractivity contribution in [2.45, 2.75) is 25.8 Å². The summed E-state index contributed by atoms with van der Waals surface area (Å²) in [6.07, 6.45) is 1.23. The third kappa shape index (κ3) is 6.12. The standard InChI is InChI=1S/C19H23N3O2/c20-17-9-5-4-8-16(17)10-11-18(23)21-13-12-19(24)22-14-15-6-2-1-3-7-15/h1-9H,10-14,20H2,(H,21,23)(H,22,24). The smallest absolute Gasteiger partial charge is 0.222 e. The van der Waals surface area contributed by atoms with Gasteiger partial charge in [0.15, 0.2) is 0 Å². The molecule has 0 spiro atoms. The van der Waals surface area contributed by atoms with Gasteiger partial charge in [-0.15, -0.1) is 0 Å². The molecule has 4 N–H and O–H groups in total. The molecule has 2 aromatic rings. The molecule has 0 saturated heterocycles. The number of carbonyl (C=O) groups is 2. The van der Waals surface area contributed by atoms with Gasteiger partial charge in [0.1, 0.15) is 0 Å². The predicted molar refractivity (Wildman–Crippen MR) is 95.1 cm³/mol. The zero-order valence-corrected chi connectivity index (χ0v) is 13.6. The largest absolute Gasteiger partial charge is 0.399 e. The number of rotatable bonds is 8. The molecule has 0 radical (unpaired) electrons. The van der Waals surface area contributed by atoms with Gasteiger partial charge in [-0.05, 0) is 23.6 Å². The van der Waals surface area contributed by atoms with E-state index in [1.54, 1.807) is 0 Å². The fourth-order valence-electron chi connectivity index (χ4n) is 2.30. The Balaban J connectivity index is 1.60. The number of benzene rings is 2. The number of hydrogen-bond donors (Lipinski definition) is 3. The summed E-state index contributed by atoms with van der Waals surface area (Å²) in [5.41, 5.74) is 8.56. The average Bonchev–Trinajstić information content (AvgIpc) is 2.60. The normalized spacial score (nSPS) is 10.2. The van der Waals surface area contributed by atoms with E-state index < -0.39 is 0 Å². The first kappa shape index (κ1) is 17.5. The molecule has 0 aliphatic rings. The number of anilines is 1. The molecular formula is C19H23N3O2. The van der Waals surface area contributed by atoms with Crippen LogP contribution in [-0.4, -0.2) is 18.4 Å². The van der Waals surface area contributed by atoms with Gasteiger partial charge < -0.3 is 16.4 Å². The van der Waals surface area contributed by atoms with Crippen LogP contribution < -0.4 is 16.4 Å². The van der Waals surface area contributed by atoms with E-state index in [0.29, 0.717) is 31.6 Å². The third-order valence-electron chi connectivity index (χ3n) is 3.68. The Morgan fingerprint density at radius 3 is 2.25 bits per heavy atom. The number of nitrogen functional groups attached to an aromatic ring is 1. The van der Waals surface area contributed by atoms with Gasteiger partial charge in [0.25, 0.3) is 0 Å². The Morgan fingerprint density at radius 2 is 1.50 bits per heavy atom. The van der Waals surface area contributed by atoms with E-state index in [2.05, 4.69) is 10.6 Å². The Labute approximate surface area is 142 Å². The lowest BCUT2D eigenvalue weighted by Gasteiger charge is -2.08. The topological polar surface area (TPSA) is 84.2 Å². The molecule has 126 valence electrons. The van der Waals surface area contributed by atoms with E-state index in [-0.39, 0.29) is 18.2 Å². The first-order valence-corrected chi connectivity index (χ1v) is 8.06. The number of amides is 2. The van der Waals surface area contributed by atoms with Crippen LogP contribution in [0.15, 0.2) is 54.6 Å². The van der Waals surface area contributed by atoms with Crippen LogP contribution in [0.5, 0.6) is 0 Å². The number of aryl methyl sites for hydroxylation is 1. The number of carbonyl (C=O) groups excluding carboxylic acids is 2. The summed E-state index contributed by atoms with van der Waals surface area (Å²) in [5.74, 6) is -0.152. The van der Waals surface area contributed by atoms with Crippen LogP contribution in [0, 0.1) is 0 Å². The fourth-order valence-corrected chi connectivity index (χ4v) is 2.30. The molecular weight excluding hydrogens is 302 g/mol. The highest BCUT2D eigenvalue weighted by Crippen LogP contribution is 2.12. The van der Waals surface area contributed by atoms with Gasteiger partial charge in [0.05, 0.1) is 0 Å². The molecule has 2 amide bonds. The fraction of sp³-hybridized carbons (Fsp3) is 0.263. The summed E-state index contributed by atoms with van der Waals surface area (Å²) in [6.45, 7) is 0.838. The van der Waals surface area contributed by atoms with Gasteiger partial charge in [-0.2, -0.15) is 0 Å². The summed E-state index contributed by atoms with van der Waals surface area (Å²) >= 11 is 0. The van der Waals surface area contributed by atoms with Crippen molar-refractivity contribution in [2.75, 3.05) is 12.3 Å². The van der Waals surface area contributed by atoms with Gasteiger partial charge >= 0.3 is 0 Å². The first-order valence-electron chi connectivity index (χ1n) is 8.06. The summed E-state index contributed by atoms with van der Waals surface area (Å²) in [4.78, 5) is 23.5. The van der Waals surface area contributed by atoms with Crippen LogP contribution in [0.1, 0.15) is 24.0 Å². The minimum absolute atomic E-state index is 0.0749. The highest BCUT2D eigenvalue weighted by atomic mass is 16.2. The van der Waals surface area contributed by atoms with Crippen LogP contribution in [-0.2, 0) is 22.6 Å². The van der Waals surface area contributed by atoms with Crippen molar-refractivity contribution in [1.82, 2.24) is 10.6 Å². The molecule has 0 bridgehead atoms. The zero-order valence-electron chi connectivity index (χ0n) is 13.6. The predicted octanol–water partition coefficient (Wildman–Crippen LogP) is 2.02. The maximum Gasteiger partial charge on any atom is 0.222 e. The van der Waals surface area contributed by atoms with Crippen LogP contribution in [0.2, 0.25) is 0 Å². The van der Waals surface area contributed by atoms with Crippen LogP contribution >= 0.6 is 0 Å². The van der Waals surface area contributed by atoms with Crippen molar-refractivity contribution in [3.63, 3.8) is 0 Å². The minimum atomic E-state index is -0.0774. The second kappa shape index (κ2) is 9.35. The number of hydrogen-bond acceptors (Lipinski definition) is 3. The van der Waals surface area contributed by atoms with E-state index in [1.807, 2.05) is 54.6 Å². The molecule has 0 aromatic heterocycles. The highest BCUT2D eigenvalue weighted by molar-refractivity contribution is 5.79. The number of nitrogens with two attached hydrogens (primary N) is 1. The first-order chi connectivity index (χ1) is 11.6. The average molecular weight is 325 g/mol. The lowest BCUT2D eigenvalue weighted by molar-refractivity contribution is -0.122. The van der Waals surface area contributed by atoms with Crippen molar-refractivity contribution in [3.8, 4) is 0 Å². The van der Waals surface area contributed by atoms with E-state index in [1.165, 1.54) is 0 Å². The molecule has 2 rings (SSSR count). The zero-order chi connectivity index (χ0) is 17.2. The van der Waals surface area contributed by atoms with Crippen molar-refractivity contribution in [2.24, 2.45) is 0 Å². The quantitative estimate of drug-likeness (QED) is 0.649. The van der Waals surface area contributed by atoms with Crippen LogP contribution in [0.3, 0.4) is 0 Å². The van der Waals surface area contributed by atoms with Crippen molar-refractivity contribution in [1.29, 1.82) is 0 Å². The van der Waals surface area contributed by atoms with E-state index in [9.17, 15) is 9.59 Å². The molecule has 2 aromatic carbocycles. The lowest BCUT2D eigenvalue weighted by Crippen LogP contribution is -2.30. The Morgan fingerprint density at radius 1 is 0.833 bits per heavy atom. The molecule has 0 aliphatic carbocycles. The van der Waals surface area contributed by atoms with E-state index in [0.717, 1.165) is 11.1 Å². The highest BCUT2D eigenvalue weighted by Gasteiger charge is 2.06. The lowest BCUT2D eigenvalue weighted by atomic mass is 10.1. The maximum atomic E-state index is 11.8. The molecule has 0 atom stereocenters. The molecule has 5 heteroatoms. The molecule has 0 saturated carbocycles. The minimum Gasteiger partial charge on any atom is -0.399 e. The van der Waals surface area contributed by atoms with Crippen molar-refractivity contribution in [3.05, 3.63) is 65.7 Å². The van der Waals surface area contributed by atoms with Crippen molar-refractivity contribution >= 4 is 17.5 Å². The third-order valence-corrected chi connectivity index (χ3v) is 3.68. The van der Waals surface area contributed by atoms with Gasteiger partial charge in [-0.25, -0.2) is 0 Å². The second-order valence-corrected chi connectivity index (χ2v) is 5.56. The van der Waals surface area contributed by atoms with Crippen LogP contribution in [0.25, 0.3) is 0 Å². The number of para-hydroxylation sites is 1. The molecule has 0 aliphatic heterocycles. The molecule has 5 nitrogen and oxygen atoms in total. The molecule has 0 unspecified atom stereocenters. The van der Waals surface area contributed by atoms with Gasteiger partial charge in [0.2, 0.25) is 11.8 Å². The van der Waals surface area contributed by atoms with E-state index in [4.69, 9.17) is 5.73 Å². The molecule has 24 heavy (non-hydrogen) atoms. The molecule has 0 fully saturated rings. The molecule has 0 heterocycles. The van der Waals surface area contributed by atoms with Gasteiger partial charge in [0, 0.05) is 31.6 Å². The maximum absolute atomic E-state index is 11.8. The Kier molecular flexibility index (Phi) is 6.83.